The van der Waals surface area contributed by atoms with Crippen molar-refractivity contribution in [3.63, 3.8) is 0 Å². The predicted molar refractivity (Wildman–Crippen MR) is 200 cm³/mol. The van der Waals surface area contributed by atoms with Crippen molar-refractivity contribution in [3.05, 3.63) is 156 Å². The number of ether oxygens (including phenoxy) is 2. The maximum absolute atomic E-state index is 13.5. The van der Waals surface area contributed by atoms with Crippen LogP contribution < -0.4 is 25.4 Å². The van der Waals surface area contributed by atoms with Crippen molar-refractivity contribution >= 4 is 46.9 Å². The maximum Gasteiger partial charge on any atom is 0.272 e. The number of unbranched alkanes of at least 4 members (excludes halogenated alkanes) is 1. The van der Waals surface area contributed by atoms with E-state index in [1.165, 1.54) is 11.8 Å². The van der Waals surface area contributed by atoms with Gasteiger partial charge in [0, 0.05) is 21.8 Å². The highest BCUT2D eigenvalue weighted by molar-refractivity contribution is 8.00. The smallest absolute Gasteiger partial charge is 0.272 e. The van der Waals surface area contributed by atoms with E-state index >= 15 is 0 Å². The van der Waals surface area contributed by atoms with Gasteiger partial charge in [0.1, 0.15) is 23.8 Å². The summed E-state index contributed by atoms with van der Waals surface area (Å²) in [6.45, 7) is 3.22. The Hall–Kier alpha value is -5.80. The topological polar surface area (TPSA) is 106 Å². The third-order valence-electron chi connectivity index (χ3n) is 7.36. The van der Waals surface area contributed by atoms with Crippen LogP contribution in [0.5, 0.6) is 11.5 Å². The fourth-order valence-corrected chi connectivity index (χ4v) is 5.36. The summed E-state index contributed by atoms with van der Waals surface area (Å²) in [7, 11) is 0. The van der Waals surface area contributed by atoms with Crippen LogP contribution in [-0.2, 0) is 16.2 Å². The Balaban J connectivity index is 1.18. The second-order valence-electron chi connectivity index (χ2n) is 11.3. The number of thioether (sulfide) groups is 1. The molecule has 3 amide bonds. The van der Waals surface area contributed by atoms with E-state index in [9.17, 15) is 14.4 Å². The monoisotopic (exact) mass is 685 g/mol. The lowest BCUT2D eigenvalue weighted by atomic mass is 10.1. The Morgan fingerprint density at radius 2 is 1.28 bits per heavy atom. The summed E-state index contributed by atoms with van der Waals surface area (Å²) in [4.78, 5) is 39.9. The van der Waals surface area contributed by atoms with Gasteiger partial charge < -0.3 is 25.4 Å². The average Bonchev–Trinajstić information content (AvgIpc) is 3.15. The fraction of sp³-hybridized carbons (Fsp3) is 0.146. The van der Waals surface area contributed by atoms with Gasteiger partial charge in [0.2, 0.25) is 5.91 Å². The maximum atomic E-state index is 13.5. The summed E-state index contributed by atoms with van der Waals surface area (Å²) in [5.74, 6) is 0.651. The molecule has 0 fully saturated rings. The van der Waals surface area contributed by atoms with Gasteiger partial charge in [-0.3, -0.25) is 14.4 Å². The molecular weight excluding hydrogens is 647 g/mol. The first-order valence-corrected chi connectivity index (χ1v) is 17.4. The van der Waals surface area contributed by atoms with E-state index in [-0.39, 0.29) is 17.4 Å². The van der Waals surface area contributed by atoms with E-state index in [1.807, 2.05) is 97.1 Å². The van der Waals surface area contributed by atoms with Crippen LogP contribution in [0.15, 0.2) is 144 Å². The second kappa shape index (κ2) is 18.7. The van der Waals surface area contributed by atoms with Crippen molar-refractivity contribution in [2.24, 2.45) is 0 Å². The van der Waals surface area contributed by atoms with Gasteiger partial charge in [0.25, 0.3) is 11.8 Å². The zero-order valence-corrected chi connectivity index (χ0v) is 28.6. The van der Waals surface area contributed by atoms with Crippen LogP contribution in [0.4, 0.5) is 11.4 Å². The number of carbonyl (C=O) groups is 3. The normalized spacial score (nSPS) is 10.9. The molecule has 0 aliphatic carbocycles. The Kier molecular flexibility index (Phi) is 13.3. The standard InChI is InChI=1S/C41H39N3O5S/c1-2-3-26-48-35-22-16-33(17-23-35)42-39(45)29-50-37-24-18-34(19-25-37)43-41(47)38(44-40(46)32-12-8-5-9-13-32)27-30-14-20-36(21-15-30)49-28-31-10-6-4-7-11-31/h4-25,27H,2-3,26,28-29H2,1H3,(H,42,45)(H,43,47)(H,44,46)/b38-27-. The minimum Gasteiger partial charge on any atom is -0.494 e. The molecule has 5 rings (SSSR count). The summed E-state index contributed by atoms with van der Waals surface area (Å²) < 4.78 is 11.6. The third kappa shape index (κ3) is 11.4. The van der Waals surface area contributed by atoms with Gasteiger partial charge in [-0.2, -0.15) is 0 Å². The molecule has 0 saturated carbocycles. The van der Waals surface area contributed by atoms with Crippen molar-refractivity contribution < 1.29 is 23.9 Å². The molecule has 0 heterocycles. The number of amides is 3. The number of hydrogen-bond acceptors (Lipinski definition) is 6. The van der Waals surface area contributed by atoms with Crippen LogP contribution in [0.1, 0.15) is 41.3 Å². The minimum atomic E-state index is -0.486. The first-order chi connectivity index (χ1) is 24.4. The molecule has 254 valence electrons. The van der Waals surface area contributed by atoms with E-state index in [0.717, 1.165) is 29.1 Å². The first-order valence-electron chi connectivity index (χ1n) is 16.4. The molecule has 0 bridgehead atoms. The molecule has 0 aromatic heterocycles. The van der Waals surface area contributed by atoms with Crippen molar-refractivity contribution in [3.8, 4) is 11.5 Å². The lowest BCUT2D eigenvalue weighted by molar-refractivity contribution is -0.114. The molecule has 3 N–H and O–H groups in total. The number of rotatable bonds is 16. The Labute approximate surface area is 296 Å². The summed E-state index contributed by atoms with van der Waals surface area (Å²) in [6.07, 6.45) is 3.68. The van der Waals surface area contributed by atoms with E-state index in [2.05, 4.69) is 22.9 Å². The van der Waals surface area contributed by atoms with Gasteiger partial charge in [0.15, 0.2) is 0 Å². The van der Waals surface area contributed by atoms with Gasteiger partial charge >= 0.3 is 0 Å². The number of hydrogen-bond donors (Lipinski definition) is 3. The SMILES string of the molecule is CCCCOc1ccc(NC(=O)CSc2ccc(NC(=O)/C(=C/c3ccc(OCc4ccccc4)cc3)NC(=O)c3ccccc3)cc2)cc1. The molecule has 0 aliphatic rings. The van der Waals surface area contributed by atoms with E-state index < -0.39 is 11.8 Å². The molecule has 5 aromatic rings. The Bertz CT molecular complexity index is 1860. The lowest BCUT2D eigenvalue weighted by Crippen LogP contribution is -2.30. The highest BCUT2D eigenvalue weighted by Gasteiger charge is 2.15. The Morgan fingerprint density at radius 1 is 0.680 bits per heavy atom. The first kappa shape index (κ1) is 35.5. The third-order valence-corrected chi connectivity index (χ3v) is 8.37. The summed E-state index contributed by atoms with van der Waals surface area (Å²) in [6, 6.07) is 40.4. The highest BCUT2D eigenvalue weighted by atomic mass is 32.2. The molecule has 5 aromatic carbocycles. The molecule has 50 heavy (non-hydrogen) atoms. The molecule has 0 aliphatic heterocycles. The molecule has 0 radical (unpaired) electrons. The van der Waals surface area contributed by atoms with E-state index in [0.29, 0.717) is 41.5 Å². The lowest BCUT2D eigenvalue weighted by Gasteiger charge is -2.12. The van der Waals surface area contributed by atoms with Gasteiger partial charge in [-0.25, -0.2) is 0 Å². The number of anilines is 2. The van der Waals surface area contributed by atoms with Crippen LogP contribution in [-0.4, -0.2) is 30.1 Å². The van der Waals surface area contributed by atoms with Gasteiger partial charge in [-0.15, -0.1) is 11.8 Å². The summed E-state index contributed by atoms with van der Waals surface area (Å²) in [5, 5.41) is 8.53. The van der Waals surface area contributed by atoms with Crippen LogP contribution in [0, 0.1) is 0 Å². The zero-order valence-electron chi connectivity index (χ0n) is 27.8. The van der Waals surface area contributed by atoms with Crippen molar-refractivity contribution in [1.29, 1.82) is 0 Å². The summed E-state index contributed by atoms with van der Waals surface area (Å²) in [5.41, 5.74) is 3.50. The molecule has 0 unspecified atom stereocenters. The van der Waals surface area contributed by atoms with Gasteiger partial charge in [-0.1, -0.05) is 74.0 Å². The van der Waals surface area contributed by atoms with E-state index in [1.54, 1.807) is 42.5 Å². The molecule has 0 spiro atoms. The highest BCUT2D eigenvalue weighted by Crippen LogP contribution is 2.23. The zero-order chi connectivity index (χ0) is 35.0. The predicted octanol–water partition coefficient (Wildman–Crippen LogP) is 8.58. The quantitative estimate of drug-likeness (QED) is 0.0546. The van der Waals surface area contributed by atoms with Crippen LogP contribution in [0.3, 0.4) is 0 Å². The van der Waals surface area contributed by atoms with Crippen LogP contribution in [0.25, 0.3) is 6.08 Å². The van der Waals surface area contributed by atoms with Crippen LogP contribution in [0.2, 0.25) is 0 Å². The van der Waals surface area contributed by atoms with Crippen molar-refractivity contribution in [2.75, 3.05) is 23.0 Å². The fourth-order valence-electron chi connectivity index (χ4n) is 4.66. The Morgan fingerprint density at radius 3 is 1.96 bits per heavy atom. The van der Waals surface area contributed by atoms with E-state index in [4.69, 9.17) is 9.47 Å². The molecule has 9 heteroatoms. The molecule has 0 saturated heterocycles. The number of nitrogens with one attached hydrogen (secondary N) is 3. The van der Waals surface area contributed by atoms with Crippen molar-refractivity contribution in [2.45, 2.75) is 31.3 Å². The second-order valence-corrected chi connectivity index (χ2v) is 12.3. The number of carbonyl (C=O) groups excluding carboxylic acids is 3. The number of benzene rings is 5. The van der Waals surface area contributed by atoms with Crippen molar-refractivity contribution in [1.82, 2.24) is 5.32 Å². The molecule has 8 nitrogen and oxygen atoms in total. The molecular formula is C41H39N3O5S. The molecule has 0 atom stereocenters. The van der Waals surface area contributed by atoms with Gasteiger partial charge in [0.05, 0.1) is 12.4 Å². The largest absolute Gasteiger partial charge is 0.494 e. The van der Waals surface area contributed by atoms with Gasteiger partial charge in [-0.05, 0) is 96.4 Å². The van der Waals surface area contributed by atoms with Crippen LogP contribution >= 0.6 is 11.8 Å². The average molecular weight is 686 g/mol. The minimum absolute atomic E-state index is 0.0764. The summed E-state index contributed by atoms with van der Waals surface area (Å²) >= 11 is 1.38.